The van der Waals surface area contributed by atoms with Crippen LogP contribution in [0.4, 0.5) is 0 Å². The Hall–Kier alpha value is -2.14. The number of Topliss-reactive ketones (excluding diaryl/α,β-unsaturated/α-hetero) is 1. The maximum absolute atomic E-state index is 13.3. The molecule has 0 aliphatic rings. The van der Waals surface area contributed by atoms with E-state index in [0.717, 1.165) is 0 Å². The van der Waals surface area contributed by atoms with Gasteiger partial charge in [-0.05, 0) is 12.3 Å². The normalized spacial score (nSPS) is 14.1. The second kappa shape index (κ2) is 12.4. The number of aliphatic hydroxyl groups excluding tert-OH is 2. The van der Waals surface area contributed by atoms with E-state index in [1.165, 1.54) is 28.4 Å². The maximum atomic E-state index is 13.3. The summed E-state index contributed by atoms with van der Waals surface area (Å²) in [6.45, 7) is 2.77. The zero-order valence-electron chi connectivity index (χ0n) is 17.8. The molecular formula is C19H31NO9. The molecule has 0 spiro atoms. The highest BCUT2D eigenvalue weighted by atomic mass is 16.7. The Morgan fingerprint density at radius 2 is 1.59 bits per heavy atom. The van der Waals surface area contributed by atoms with E-state index in [2.05, 4.69) is 4.98 Å². The molecule has 0 bridgehead atoms. The highest BCUT2D eigenvalue weighted by Crippen LogP contribution is 2.44. The van der Waals surface area contributed by atoms with Crippen LogP contribution in [0.1, 0.15) is 30.6 Å². The van der Waals surface area contributed by atoms with E-state index in [0.29, 0.717) is 6.42 Å². The van der Waals surface area contributed by atoms with Crippen molar-refractivity contribution in [1.29, 1.82) is 0 Å². The average molecular weight is 417 g/mol. The summed E-state index contributed by atoms with van der Waals surface area (Å²) in [5, 5.41) is 19.0. The number of hydrogen-bond donors (Lipinski definition) is 2. The highest BCUT2D eigenvalue weighted by Gasteiger charge is 2.32. The molecule has 29 heavy (non-hydrogen) atoms. The second-order valence-electron chi connectivity index (χ2n) is 6.49. The molecule has 0 aromatic carbocycles. The SMILES string of the molecule is COCOc1nc(OC)c(OC)c(OCOC)c1C(=O)[C@@H](C)C[C@H](C)[C@H](O)CO. The summed E-state index contributed by atoms with van der Waals surface area (Å²) in [5.74, 6) is -0.971. The number of carbonyl (C=O) groups is 1. The fraction of sp³-hybridized carbons (Fsp3) is 0.684. The van der Waals surface area contributed by atoms with Crippen LogP contribution in [-0.2, 0) is 9.47 Å². The first-order valence-corrected chi connectivity index (χ1v) is 9.08. The smallest absolute Gasteiger partial charge is 0.264 e. The van der Waals surface area contributed by atoms with Gasteiger partial charge >= 0.3 is 0 Å². The van der Waals surface area contributed by atoms with Crippen molar-refractivity contribution < 1.29 is 43.4 Å². The van der Waals surface area contributed by atoms with Crippen LogP contribution in [0, 0.1) is 11.8 Å². The summed E-state index contributed by atoms with van der Waals surface area (Å²) in [5.41, 5.74) is 0.0509. The Morgan fingerprint density at radius 3 is 2.10 bits per heavy atom. The number of pyridine rings is 1. The number of ketones is 1. The van der Waals surface area contributed by atoms with E-state index in [-0.39, 0.29) is 60.7 Å². The van der Waals surface area contributed by atoms with Crippen molar-refractivity contribution in [2.24, 2.45) is 11.8 Å². The van der Waals surface area contributed by atoms with Gasteiger partial charge in [-0.3, -0.25) is 4.79 Å². The molecule has 0 radical (unpaired) electrons. The molecular weight excluding hydrogens is 386 g/mol. The predicted octanol–water partition coefficient (Wildman–Crippen LogP) is 1.26. The van der Waals surface area contributed by atoms with Crippen molar-refractivity contribution in [1.82, 2.24) is 4.98 Å². The van der Waals surface area contributed by atoms with E-state index in [1.54, 1.807) is 13.8 Å². The summed E-state index contributed by atoms with van der Waals surface area (Å²) < 4.78 is 31.6. The topological polar surface area (TPSA) is 126 Å². The maximum Gasteiger partial charge on any atom is 0.264 e. The highest BCUT2D eigenvalue weighted by molar-refractivity contribution is 6.03. The number of aromatic nitrogens is 1. The quantitative estimate of drug-likeness (QED) is 0.337. The summed E-state index contributed by atoms with van der Waals surface area (Å²) in [6.07, 6.45) is -0.607. The molecule has 1 aromatic rings. The fourth-order valence-corrected chi connectivity index (χ4v) is 2.77. The van der Waals surface area contributed by atoms with Crippen molar-refractivity contribution in [2.75, 3.05) is 48.6 Å². The van der Waals surface area contributed by atoms with Gasteiger partial charge in [-0.1, -0.05) is 13.8 Å². The van der Waals surface area contributed by atoms with Crippen molar-refractivity contribution in [3.8, 4) is 23.3 Å². The first-order valence-electron chi connectivity index (χ1n) is 9.08. The van der Waals surface area contributed by atoms with Gasteiger partial charge in [-0.15, -0.1) is 0 Å². The number of methoxy groups -OCH3 is 4. The lowest BCUT2D eigenvalue weighted by Crippen LogP contribution is -2.26. The van der Waals surface area contributed by atoms with Gasteiger partial charge in [0.05, 0.1) is 26.9 Å². The van der Waals surface area contributed by atoms with Gasteiger partial charge in [-0.25, -0.2) is 0 Å². The molecule has 0 saturated heterocycles. The fourth-order valence-electron chi connectivity index (χ4n) is 2.77. The monoisotopic (exact) mass is 417 g/mol. The molecule has 3 atom stereocenters. The van der Waals surface area contributed by atoms with Crippen LogP contribution in [0.5, 0.6) is 23.3 Å². The number of carbonyl (C=O) groups excluding carboxylic acids is 1. The minimum atomic E-state index is -0.929. The molecule has 10 heteroatoms. The first kappa shape index (κ1) is 24.9. The Labute approximate surface area is 170 Å². The minimum absolute atomic E-state index is 0.0391. The summed E-state index contributed by atoms with van der Waals surface area (Å²) in [6, 6.07) is 0. The lowest BCUT2D eigenvalue weighted by molar-refractivity contribution is 0.0379. The molecule has 0 aliphatic carbocycles. The molecule has 166 valence electrons. The Balaban J connectivity index is 3.46. The number of hydrogen-bond acceptors (Lipinski definition) is 10. The zero-order valence-corrected chi connectivity index (χ0v) is 17.8. The van der Waals surface area contributed by atoms with Crippen LogP contribution in [0.25, 0.3) is 0 Å². The molecule has 0 amide bonds. The largest absolute Gasteiger partial charge is 0.489 e. The third-order valence-electron chi connectivity index (χ3n) is 4.34. The number of nitrogens with zero attached hydrogens (tertiary/aromatic N) is 1. The van der Waals surface area contributed by atoms with Crippen molar-refractivity contribution in [2.45, 2.75) is 26.4 Å². The van der Waals surface area contributed by atoms with Gasteiger partial charge in [0.2, 0.25) is 11.6 Å². The second-order valence-corrected chi connectivity index (χ2v) is 6.49. The third-order valence-corrected chi connectivity index (χ3v) is 4.34. The van der Waals surface area contributed by atoms with Gasteiger partial charge in [0.1, 0.15) is 5.56 Å². The van der Waals surface area contributed by atoms with Gasteiger partial charge < -0.3 is 38.6 Å². The van der Waals surface area contributed by atoms with Crippen molar-refractivity contribution in [3.05, 3.63) is 5.56 Å². The van der Waals surface area contributed by atoms with E-state index >= 15 is 0 Å². The molecule has 0 unspecified atom stereocenters. The summed E-state index contributed by atoms with van der Waals surface area (Å²) >= 11 is 0. The third kappa shape index (κ3) is 6.43. The molecule has 0 saturated carbocycles. The van der Waals surface area contributed by atoms with Gasteiger partial charge in [0.25, 0.3) is 5.88 Å². The molecule has 1 aromatic heterocycles. The van der Waals surface area contributed by atoms with Gasteiger partial charge in [-0.2, -0.15) is 4.98 Å². The Morgan fingerprint density at radius 1 is 0.966 bits per heavy atom. The lowest BCUT2D eigenvalue weighted by atomic mass is 9.88. The van der Waals surface area contributed by atoms with Gasteiger partial charge in [0, 0.05) is 20.1 Å². The summed E-state index contributed by atoms with van der Waals surface area (Å²) in [4.78, 5) is 17.5. The lowest BCUT2D eigenvalue weighted by Gasteiger charge is -2.23. The van der Waals surface area contributed by atoms with E-state index in [1.807, 2.05) is 0 Å². The predicted molar refractivity (Wildman–Crippen MR) is 103 cm³/mol. The van der Waals surface area contributed by atoms with Crippen molar-refractivity contribution >= 4 is 5.78 Å². The molecule has 10 nitrogen and oxygen atoms in total. The van der Waals surface area contributed by atoms with Crippen LogP contribution in [0.3, 0.4) is 0 Å². The standard InChI is InChI=1S/C19H31NO9/c1-11(13(22)8-21)7-12(2)15(23)14-16(28-9-24-3)17(26-5)19(27-6)20-18(14)29-10-25-4/h11-13,21-22H,7-10H2,1-6H3/t11-,12-,13+/m0/s1. The zero-order chi connectivity index (χ0) is 22.0. The van der Waals surface area contributed by atoms with Crippen molar-refractivity contribution in [3.63, 3.8) is 0 Å². The van der Waals surface area contributed by atoms with Crippen LogP contribution < -0.4 is 18.9 Å². The van der Waals surface area contributed by atoms with E-state index < -0.39 is 12.0 Å². The first-order chi connectivity index (χ1) is 13.9. The molecule has 0 aliphatic heterocycles. The average Bonchev–Trinajstić information content (AvgIpc) is 2.73. The van der Waals surface area contributed by atoms with E-state index in [4.69, 9.17) is 33.5 Å². The molecule has 1 heterocycles. The number of ether oxygens (including phenoxy) is 6. The minimum Gasteiger partial charge on any atom is -0.489 e. The Bertz CT molecular complexity index is 653. The van der Waals surface area contributed by atoms with E-state index in [9.17, 15) is 9.90 Å². The number of aliphatic hydroxyl groups is 2. The molecule has 1 rings (SSSR count). The van der Waals surface area contributed by atoms with Crippen LogP contribution in [0.15, 0.2) is 0 Å². The molecule has 2 N–H and O–H groups in total. The van der Waals surface area contributed by atoms with Crippen LogP contribution in [0.2, 0.25) is 0 Å². The number of rotatable bonds is 14. The summed E-state index contributed by atoms with van der Waals surface area (Å²) in [7, 11) is 5.67. The van der Waals surface area contributed by atoms with Crippen LogP contribution >= 0.6 is 0 Å². The van der Waals surface area contributed by atoms with Gasteiger partial charge in [0.15, 0.2) is 25.1 Å². The Kier molecular flexibility index (Phi) is 10.7. The molecule has 0 fully saturated rings. The van der Waals surface area contributed by atoms with Crippen LogP contribution in [-0.4, -0.2) is 75.7 Å².